The Kier molecular flexibility index (Phi) is 6.99. The second-order valence-corrected chi connectivity index (χ2v) is 7.50. The number of benzene rings is 1. The summed E-state index contributed by atoms with van der Waals surface area (Å²) in [6, 6.07) is 4.70. The SMILES string of the molecule is CCCCC(CCC)NS(=O)(=O)c1ccc(Br)c(N)c1. The molecular formula is C14H23BrN2O2S. The summed E-state index contributed by atoms with van der Waals surface area (Å²) in [5.74, 6) is 0. The summed E-state index contributed by atoms with van der Waals surface area (Å²) in [4.78, 5) is 0.218. The average molecular weight is 363 g/mol. The van der Waals surface area contributed by atoms with E-state index in [9.17, 15) is 8.42 Å². The monoisotopic (exact) mass is 362 g/mol. The van der Waals surface area contributed by atoms with E-state index in [1.54, 1.807) is 12.1 Å². The highest BCUT2D eigenvalue weighted by Gasteiger charge is 2.19. The number of anilines is 1. The normalized spacial score (nSPS) is 13.3. The Morgan fingerprint density at radius 2 is 1.95 bits per heavy atom. The molecule has 1 unspecified atom stereocenters. The lowest BCUT2D eigenvalue weighted by molar-refractivity contribution is 0.483. The van der Waals surface area contributed by atoms with Crippen molar-refractivity contribution in [2.45, 2.75) is 56.9 Å². The molecule has 3 N–H and O–H groups in total. The molecule has 1 atom stereocenters. The summed E-state index contributed by atoms with van der Waals surface area (Å²) in [6.45, 7) is 4.16. The average Bonchev–Trinajstić information content (AvgIpc) is 2.39. The maximum atomic E-state index is 12.4. The van der Waals surface area contributed by atoms with Crippen molar-refractivity contribution in [3.8, 4) is 0 Å². The molecule has 114 valence electrons. The van der Waals surface area contributed by atoms with Crippen LogP contribution >= 0.6 is 15.9 Å². The number of nitrogens with two attached hydrogens (primary N) is 1. The molecule has 0 aliphatic heterocycles. The molecule has 0 amide bonds. The van der Waals surface area contributed by atoms with E-state index in [1.807, 2.05) is 0 Å². The van der Waals surface area contributed by atoms with Gasteiger partial charge < -0.3 is 5.73 Å². The summed E-state index contributed by atoms with van der Waals surface area (Å²) < 4.78 is 28.2. The van der Waals surface area contributed by atoms with Crippen LogP contribution in [0.5, 0.6) is 0 Å². The number of nitrogens with one attached hydrogen (secondary N) is 1. The number of nitrogen functional groups attached to an aromatic ring is 1. The molecule has 0 saturated carbocycles. The van der Waals surface area contributed by atoms with E-state index in [2.05, 4.69) is 34.5 Å². The van der Waals surface area contributed by atoms with Crippen LogP contribution in [0.3, 0.4) is 0 Å². The van der Waals surface area contributed by atoms with E-state index in [0.717, 1.165) is 32.1 Å². The standard InChI is InChI=1S/C14H23BrN2O2S/c1-3-5-7-11(6-4-2)17-20(18,19)12-8-9-13(15)14(16)10-12/h8-11,17H,3-7,16H2,1-2H3. The van der Waals surface area contributed by atoms with E-state index in [0.29, 0.717) is 10.2 Å². The van der Waals surface area contributed by atoms with Crippen LogP contribution in [-0.2, 0) is 10.0 Å². The van der Waals surface area contributed by atoms with E-state index < -0.39 is 10.0 Å². The van der Waals surface area contributed by atoms with Crippen molar-refractivity contribution >= 4 is 31.6 Å². The Morgan fingerprint density at radius 3 is 2.50 bits per heavy atom. The molecule has 0 aromatic heterocycles. The minimum absolute atomic E-state index is 0.00480. The minimum Gasteiger partial charge on any atom is -0.398 e. The number of hydrogen-bond acceptors (Lipinski definition) is 3. The lowest BCUT2D eigenvalue weighted by Gasteiger charge is -2.18. The lowest BCUT2D eigenvalue weighted by Crippen LogP contribution is -2.34. The first-order chi connectivity index (χ1) is 9.40. The van der Waals surface area contributed by atoms with Crippen LogP contribution in [0.15, 0.2) is 27.6 Å². The fraction of sp³-hybridized carbons (Fsp3) is 0.571. The third-order valence-corrected chi connectivity index (χ3v) is 5.38. The Hall–Kier alpha value is -0.590. The van der Waals surface area contributed by atoms with Gasteiger partial charge in [0.15, 0.2) is 0 Å². The van der Waals surface area contributed by atoms with Crippen LogP contribution in [0, 0.1) is 0 Å². The first-order valence-electron chi connectivity index (χ1n) is 6.98. The van der Waals surface area contributed by atoms with Crippen molar-refractivity contribution in [1.29, 1.82) is 0 Å². The topological polar surface area (TPSA) is 72.2 Å². The Bertz CT molecular complexity index is 532. The first-order valence-corrected chi connectivity index (χ1v) is 9.25. The smallest absolute Gasteiger partial charge is 0.240 e. The number of halogens is 1. The Morgan fingerprint density at radius 1 is 1.25 bits per heavy atom. The van der Waals surface area contributed by atoms with Gasteiger partial charge in [0.25, 0.3) is 0 Å². The van der Waals surface area contributed by atoms with Gasteiger partial charge in [0.1, 0.15) is 0 Å². The summed E-state index contributed by atoms with van der Waals surface area (Å²) >= 11 is 3.27. The highest BCUT2D eigenvalue weighted by Crippen LogP contribution is 2.23. The molecule has 6 heteroatoms. The zero-order valence-corrected chi connectivity index (χ0v) is 14.4. The second kappa shape index (κ2) is 8.00. The highest BCUT2D eigenvalue weighted by molar-refractivity contribution is 9.10. The quantitative estimate of drug-likeness (QED) is 0.692. The van der Waals surface area contributed by atoms with E-state index >= 15 is 0 Å². The number of sulfonamides is 1. The Balaban J connectivity index is 2.87. The largest absolute Gasteiger partial charge is 0.398 e. The predicted molar refractivity (Wildman–Crippen MR) is 87.1 cm³/mol. The zero-order valence-electron chi connectivity index (χ0n) is 12.0. The summed E-state index contributed by atoms with van der Waals surface area (Å²) in [5.41, 5.74) is 6.17. The van der Waals surface area contributed by atoms with Crippen molar-refractivity contribution in [2.75, 3.05) is 5.73 Å². The third kappa shape index (κ3) is 5.07. The van der Waals surface area contributed by atoms with Crippen LogP contribution in [-0.4, -0.2) is 14.5 Å². The molecule has 1 rings (SSSR count). The van der Waals surface area contributed by atoms with Crippen molar-refractivity contribution < 1.29 is 8.42 Å². The van der Waals surface area contributed by atoms with Crippen LogP contribution < -0.4 is 10.5 Å². The maximum absolute atomic E-state index is 12.4. The molecule has 0 fully saturated rings. The number of rotatable bonds is 8. The van der Waals surface area contributed by atoms with Crippen LogP contribution in [0.2, 0.25) is 0 Å². The minimum atomic E-state index is -3.50. The van der Waals surface area contributed by atoms with Crippen molar-refractivity contribution in [1.82, 2.24) is 4.72 Å². The second-order valence-electron chi connectivity index (χ2n) is 4.93. The Labute approximate surface area is 130 Å². The van der Waals surface area contributed by atoms with Crippen LogP contribution in [0.1, 0.15) is 46.0 Å². The summed E-state index contributed by atoms with van der Waals surface area (Å²) in [6.07, 6.45) is 4.77. The molecular weight excluding hydrogens is 340 g/mol. The molecule has 0 spiro atoms. The van der Waals surface area contributed by atoms with Gasteiger partial charge in [-0.1, -0.05) is 33.1 Å². The molecule has 0 heterocycles. The van der Waals surface area contributed by atoms with Gasteiger partial charge in [-0.15, -0.1) is 0 Å². The number of unbranched alkanes of at least 4 members (excludes halogenated alkanes) is 1. The molecule has 20 heavy (non-hydrogen) atoms. The lowest BCUT2D eigenvalue weighted by atomic mass is 10.1. The maximum Gasteiger partial charge on any atom is 0.240 e. The third-order valence-electron chi connectivity index (χ3n) is 3.14. The first kappa shape index (κ1) is 17.5. The van der Waals surface area contributed by atoms with Crippen LogP contribution in [0.4, 0.5) is 5.69 Å². The molecule has 0 saturated heterocycles. The zero-order chi connectivity index (χ0) is 15.2. The van der Waals surface area contributed by atoms with Gasteiger partial charge in [-0.25, -0.2) is 13.1 Å². The van der Waals surface area contributed by atoms with Crippen LogP contribution in [0.25, 0.3) is 0 Å². The summed E-state index contributed by atoms with van der Waals surface area (Å²) in [5, 5.41) is 0. The van der Waals surface area contributed by atoms with Crippen molar-refractivity contribution in [3.63, 3.8) is 0 Å². The van der Waals surface area contributed by atoms with Gasteiger partial charge in [0.05, 0.1) is 4.90 Å². The van der Waals surface area contributed by atoms with Gasteiger partial charge in [0, 0.05) is 16.2 Å². The molecule has 0 aliphatic carbocycles. The van der Waals surface area contributed by atoms with Gasteiger partial charge in [-0.2, -0.15) is 0 Å². The van der Waals surface area contributed by atoms with Gasteiger partial charge >= 0.3 is 0 Å². The summed E-state index contributed by atoms with van der Waals surface area (Å²) in [7, 11) is -3.50. The van der Waals surface area contributed by atoms with E-state index in [-0.39, 0.29) is 10.9 Å². The van der Waals surface area contributed by atoms with Gasteiger partial charge in [-0.05, 0) is 47.0 Å². The molecule has 1 aromatic rings. The molecule has 1 aromatic carbocycles. The number of hydrogen-bond donors (Lipinski definition) is 2. The fourth-order valence-electron chi connectivity index (χ4n) is 2.04. The van der Waals surface area contributed by atoms with Crippen molar-refractivity contribution in [2.24, 2.45) is 0 Å². The molecule has 0 bridgehead atoms. The van der Waals surface area contributed by atoms with E-state index in [1.165, 1.54) is 6.07 Å². The fourth-order valence-corrected chi connectivity index (χ4v) is 3.62. The predicted octanol–water partition coefficient (Wildman–Crippen LogP) is 3.67. The molecule has 0 radical (unpaired) electrons. The van der Waals surface area contributed by atoms with Gasteiger partial charge in [0.2, 0.25) is 10.0 Å². The molecule has 0 aliphatic rings. The highest BCUT2D eigenvalue weighted by atomic mass is 79.9. The van der Waals surface area contributed by atoms with E-state index in [4.69, 9.17) is 5.73 Å². The van der Waals surface area contributed by atoms with Gasteiger partial charge in [-0.3, -0.25) is 0 Å². The van der Waals surface area contributed by atoms with Crippen molar-refractivity contribution in [3.05, 3.63) is 22.7 Å². The molecule has 4 nitrogen and oxygen atoms in total.